The number of nitrogens with two attached hydrogens (primary N) is 2. The van der Waals surface area contributed by atoms with E-state index in [4.69, 9.17) is 21.7 Å². The highest BCUT2D eigenvalue weighted by atomic mass is 16.4. The number of rotatable bonds is 13. The second-order valence-electron chi connectivity index (χ2n) is 6.80. The lowest BCUT2D eigenvalue weighted by Gasteiger charge is -2.27. The molecule has 5 unspecified atom stereocenters. The van der Waals surface area contributed by atoms with Crippen molar-refractivity contribution in [2.75, 3.05) is 6.61 Å². The molecule has 0 aromatic carbocycles. The average molecular weight is 417 g/mol. The Hall–Kier alpha value is -2.73. The van der Waals surface area contributed by atoms with E-state index in [2.05, 4.69) is 16.0 Å². The predicted molar refractivity (Wildman–Crippen MR) is 102 cm³/mol. The average Bonchev–Trinajstić information content (AvgIpc) is 2.66. The van der Waals surface area contributed by atoms with Crippen LogP contribution in [0, 0.1) is 5.92 Å². The van der Waals surface area contributed by atoms with Gasteiger partial charge in [0.1, 0.15) is 24.2 Å². The Kier molecular flexibility index (Phi) is 11.5. The summed E-state index contributed by atoms with van der Waals surface area (Å²) >= 11 is 0. The second-order valence-corrected chi connectivity index (χ2v) is 6.80. The Balaban J connectivity index is 5.41. The van der Waals surface area contributed by atoms with Crippen LogP contribution in [0.5, 0.6) is 0 Å². The van der Waals surface area contributed by atoms with Crippen LogP contribution in [0.4, 0.5) is 0 Å². The number of primary amides is 1. The third-order valence-electron chi connectivity index (χ3n) is 4.37. The van der Waals surface area contributed by atoms with Crippen molar-refractivity contribution in [2.24, 2.45) is 17.4 Å². The lowest BCUT2D eigenvalue weighted by molar-refractivity contribution is -0.142. The number of aliphatic carboxylic acids is 1. The van der Waals surface area contributed by atoms with E-state index in [1.54, 1.807) is 13.8 Å². The third kappa shape index (κ3) is 9.34. The maximum Gasteiger partial charge on any atom is 0.325 e. The van der Waals surface area contributed by atoms with Crippen LogP contribution in [0.3, 0.4) is 0 Å². The number of carboxylic acids is 1. The monoisotopic (exact) mass is 417 g/mol. The zero-order valence-corrected chi connectivity index (χ0v) is 16.8. The molecule has 0 fully saturated rings. The molecule has 0 aromatic rings. The molecule has 0 aliphatic rings. The summed E-state index contributed by atoms with van der Waals surface area (Å²) in [7, 11) is 0. The highest BCUT2D eigenvalue weighted by Gasteiger charge is 2.31. The van der Waals surface area contributed by atoms with Crippen LogP contribution < -0.4 is 27.4 Å². The third-order valence-corrected chi connectivity index (χ3v) is 4.37. The molecule has 29 heavy (non-hydrogen) atoms. The van der Waals surface area contributed by atoms with Crippen molar-refractivity contribution in [1.82, 2.24) is 16.0 Å². The van der Waals surface area contributed by atoms with E-state index in [1.807, 2.05) is 0 Å². The summed E-state index contributed by atoms with van der Waals surface area (Å²) in [5.41, 5.74) is 10.5. The van der Waals surface area contributed by atoms with Gasteiger partial charge >= 0.3 is 5.97 Å². The van der Waals surface area contributed by atoms with Crippen LogP contribution in [-0.2, 0) is 24.0 Å². The normalized spacial score (nSPS) is 15.9. The summed E-state index contributed by atoms with van der Waals surface area (Å²) in [5, 5.41) is 25.0. The molecule has 0 saturated heterocycles. The van der Waals surface area contributed by atoms with Crippen molar-refractivity contribution in [3.63, 3.8) is 0 Å². The number of carbonyl (C=O) groups excluding carboxylic acids is 4. The van der Waals surface area contributed by atoms with Gasteiger partial charge in [-0.1, -0.05) is 20.3 Å². The van der Waals surface area contributed by atoms with Gasteiger partial charge in [-0.3, -0.25) is 24.0 Å². The maximum atomic E-state index is 12.7. The van der Waals surface area contributed by atoms with E-state index in [9.17, 15) is 24.0 Å². The van der Waals surface area contributed by atoms with Crippen LogP contribution in [0.2, 0.25) is 0 Å². The first-order chi connectivity index (χ1) is 13.4. The highest BCUT2D eigenvalue weighted by Crippen LogP contribution is 2.10. The Labute approximate surface area is 168 Å². The van der Waals surface area contributed by atoms with E-state index in [0.717, 1.165) is 0 Å². The van der Waals surface area contributed by atoms with Crippen LogP contribution in [0.1, 0.15) is 40.0 Å². The lowest BCUT2D eigenvalue weighted by atomic mass is 9.97. The van der Waals surface area contributed by atoms with Gasteiger partial charge in [0.2, 0.25) is 23.6 Å². The van der Waals surface area contributed by atoms with E-state index in [1.165, 1.54) is 6.92 Å². The number of carboxylic acid groups (broad SMARTS) is 1. The maximum absolute atomic E-state index is 12.7. The largest absolute Gasteiger partial charge is 0.480 e. The number of aliphatic hydroxyl groups is 1. The van der Waals surface area contributed by atoms with E-state index in [0.29, 0.717) is 6.42 Å². The summed E-state index contributed by atoms with van der Waals surface area (Å²) in [5.74, 6) is -4.58. The van der Waals surface area contributed by atoms with Gasteiger partial charge in [0.05, 0.1) is 6.61 Å². The van der Waals surface area contributed by atoms with E-state index >= 15 is 0 Å². The Morgan fingerprint density at radius 1 is 0.966 bits per heavy atom. The first kappa shape index (κ1) is 26.3. The molecule has 12 heteroatoms. The quantitative estimate of drug-likeness (QED) is 0.165. The van der Waals surface area contributed by atoms with Gasteiger partial charge in [-0.25, -0.2) is 0 Å². The van der Waals surface area contributed by atoms with Crippen molar-refractivity contribution in [3.05, 3.63) is 0 Å². The molecule has 0 radical (unpaired) electrons. The summed E-state index contributed by atoms with van der Waals surface area (Å²) in [6.07, 6.45) is 0.127. The topological polar surface area (TPSA) is 214 Å². The van der Waals surface area contributed by atoms with Crippen molar-refractivity contribution in [2.45, 2.75) is 64.2 Å². The lowest BCUT2D eigenvalue weighted by Crippen LogP contribution is -2.58. The molecule has 0 rings (SSSR count). The molecule has 12 nitrogen and oxygen atoms in total. The van der Waals surface area contributed by atoms with Crippen molar-refractivity contribution < 1.29 is 34.2 Å². The van der Waals surface area contributed by atoms with Gasteiger partial charge in [0.25, 0.3) is 0 Å². The van der Waals surface area contributed by atoms with Gasteiger partial charge in [-0.2, -0.15) is 0 Å². The first-order valence-corrected chi connectivity index (χ1v) is 9.23. The smallest absolute Gasteiger partial charge is 0.325 e. The molecular formula is C17H31N5O7. The molecule has 0 saturated carbocycles. The summed E-state index contributed by atoms with van der Waals surface area (Å²) in [6, 6.07) is -4.75. The standard InChI is InChI=1S/C17H31N5O7/c1-4-8(2)13(16(27)20-9(3)17(28)29)22-15(26)11(5-6-12(19)24)21-14(25)10(18)7-23/h8-11,13,23H,4-7,18H2,1-3H3,(H2,19,24)(H,20,27)(H,21,25)(H,22,26)(H,28,29). The fraction of sp³-hybridized carbons (Fsp3) is 0.706. The summed E-state index contributed by atoms with van der Waals surface area (Å²) in [6.45, 7) is 4.10. The molecule has 0 aromatic heterocycles. The number of nitrogens with one attached hydrogen (secondary N) is 3. The van der Waals surface area contributed by atoms with Crippen molar-refractivity contribution in [1.29, 1.82) is 0 Å². The molecular weight excluding hydrogens is 386 g/mol. The Bertz CT molecular complexity index is 613. The minimum Gasteiger partial charge on any atom is -0.480 e. The highest BCUT2D eigenvalue weighted by molar-refractivity contribution is 5.94. The molecule has 0 heterocycles. The number of aliphatic hydroxyl groups excluding tert-OH is 1. The molecule has 0 aliphatic heterocycles. The minimum absolute atomic E-state index is 0.147. The van der Waals surface area contributed by atoms with E-state index < -0.39 is 60.4 Å². The molecule has 0 spiro atoms. The zero-order valence-electron chi connectivity index (χ0n) is 16.8. The number of amides is 4. The zero-order chi connectivity index (χ0) is 22.7. The second kappa shape index (κ2) is 12.7. The summed E-state index contributed by atoms with van der Waals surface area (Å²) < 4.78 is 0. The number of carbonyl (C=O) groups is 5. The molecule has 166 valence electrons. The van der Waals surface area contributed by atoms with Gasteiger partial charge in [-0.05, 0) is 19.3 Å². The number of hydrogen-bond acceptors (Lipinski definition) is 7. The van der Waals surface area contributed by atoms with Crippen LogP contribution >= 0.6 is 0 Å². The first-order valence-electron chi connectivity index (χ1n) is 9.23. The molecule has 4 amide bonds. The molecule has 0 aliphatic carbocycles. The number of hydrogen-bond donors (Lipinski definition) is 7. The fourth-order valence-electron chi connectivity index (χ4n) is 2.24. The Morgan fingerprint density at radius 3 is 2.00 bits per heavy atom. The van der Waals surface area contributed by atoms with Gasteiger partial charge in [-0.15, -0.1) is 0 Å². The van der Waals surface area contributed by atoms with Crippen molar-refractivity contribution >= 4 is 29.6 Å². The summed E-state index contributed by atoms with van der Waals surface area (Å²) in [4.78, 5) is 59.1. The van der Waals surface area contributed by atoms with Gasteiger partial charge in [0.15, 0.2) is 0 Å². The van der Waals surface area contributed by atoms with Crippen LogP contribution in [0.25, 0.3) is 0 Å². The van der Waals surface area contributed by atoms with E-state index in [-0.39, 0.29) is 18.8 Å². The van der Waals surface area contributed by atoms with Gasteiger partial charge in [0, 0.05) is 6.42 Å². The SMILES string of the molecule is CCC(C)C(NC(=O)C(CCC(N)=O)NC(=O)C(N)CO)C(=O)NC(C)C(=O)O. The van der Waals surface area contributed by atoms with Crippen LogP contribution in [-0.4, -0.2) is 70.6 Å². The minimum atomic E-state index is -1.27. The van der Waals surface area contributed by atoms with Gasteiger partial charge < -0.3 is 37.6 Å². The molecule has 5 atom stereocenters. The van der Waals surface area contributed by atoms with Crippen molar-refractivity contribution in [3.8, 4) is 0 Å². The predicted octanol–water partition coefficient (Wildman–Crippen LogP) is -2.82. The molecule has 9 N–H and O–H groups in total. The Morgan fingerprint density at radius 2 is 1.55 bits per heavy atom. The fourth-order valence-corrected chi connectivity index (χ4v) is 2.24. The molecule has 0 bridgehead atoms. The van der Waals surface area contributed by atoms with Crippen LogP contribution in [0.15, 0.2) is 0 Å².